The number of carbonyl (C=O) groups is 1. The fraction of sp³-hybridized carbons (Fsp3) is 0.435. The van der Waals surface area contributed by atoms with Crippen molar-refractivity contribution in [3.05, 3.63) is 52.7 Å². The summed E-state index contributed by atoms with van der Waals surface area (Å²) in [6, 6.07) is 4.34. The van der Waals surface area contributed by atoms with Crippen LogP contribution in [0.3, 0.4) is 0 Å². The lowest BCUT2D eigenvalue weighted by Crippen LogP contribution is -2.43. The highest BCUT2D eigenvalue weighted by Gasteiger charge is 2.50. The number of amides is 1. The number of nitrogens with zero attached hydrogens (tertiary/aromatic N) is 3. The second-order valence-corrected chi connectivity index (χ2v) is 8.97. The zero-order valence-corrected chi connectivity index (χ0v) is 20.1. The predicted octanol–water partition coefficient (Wildman–Crippen LogP) is 4.17. The Hall–Kier alpha value is -3.01. The first-order valence-electron chi connectivity index (χ1n) is 10.5. The maximum atomic E-state index is 14.9. The smallest absolute Gasteiger partial charge is 0.417 e. The molecule has 2 saturated heterocycles. The van der Waals surface area contributed by atoms with Crippen molar-refractivity contribution in [3.63, 3.8) is 0 Å². The number of rotatable bonds is 5. The third kappa shape index (κ3) is 5.03. The van der Waals surface area contributed by atoms with Crippen molar-refractivity contribution in [1.29, 1.82) is 5.26 Å². The first-order valence-corrected chi connectivity index (χ1v) is 10.9. The summed E-state index contributed by atoms with van der Waals surface area (Å²) >= 11 is 5.42. The molecule has 0 unspecified atom stereocenters. The van der Waals surface area contributed by atoms with Gasteiger partial charge in [0.05, 0.1) is 36.1 Å². The number of alkyl halides is 3. The van der Waals surface area contributed by atoms with Crippen LogP contribution in [0.1, 0.15) is 38.8 Å². The van der Waals surface area contributed by atoms with Crippen LogP contribution in [0, 0.1) is 11.3 Å². The molecule has 7 nitrogen and oxygen atoms in total. The highest BCUT2D eigenvalue weighted by atomic mass is 32.1. The lowest BCUT2D eigenvalue weighted by molar-refractivity contribution is -0.137. The molecular weight excluding hydrogens is 490 g/mol. The van der Waals surface area contributed by atoms with Gasteiger partial charge in [-0.15, -0.1) is 0 Å². The van der Waals surface area contributed by atoms with Gasteiger partial charge in [0.25, 0.3) is 5.91 Å². The number of carbonyl (C=O) groups excluding carboxylic acids is 1. The molecule has 1 aromatic carbocycles. The van der Waals surface area contributed by atoms with Crippen molar-refractivity contribution in [1.82, 2.24) is 4.90 Å². The molecule has 0 saturated carbocycles. The number of hydrogen-bond donors (Lipinski definition) is 1. The molecule has 0 spiro atoms. The molecule has 2 atom stereocenters. The molecule has 2 aliphatic heterocycles. The monoisotopic (exact) mass is 513 g/mol. The highest BCUT2D eigenvalue weighted by molar-refractivity contribution is 7.80. The van der Waals surface area contributed by atoms with Crippen molar-refractivity contribution in [2.45, 2.75) is 51.6 Å². The van der Waals surface area contributed by atoms with E-state index in [1.54, 1.807) is 0 Å². The minimum atomic E-state index is -4.82. The lowest BCUT2D eigenvalue weighted by Gasteiger charge is -2.30. The third-order valence-electron chi connectivity index (χ3n) is 5.71. The van der Waals surface area contributed by atoms with Gasteiger partial charge < -0.3 is 19.5 Å². The molecule has 2 heterocycles. The fourth-order valence-electron chi connectivity index (χ4n) is 3.89. The Morgan fingerprint density at radius 3 is 2.54 bits per heavy atom. The van der Waals surface area contributed by atoms with Crippen LogP contribution >= 0.6 is 12.2 Å². The number of hydrogen-bond acceptors (Lipinski definition) is 6. The van der Waals surface area contributed by atoms with Gasteiger partial charge >= 0.3 is 6.18 Å². The van der Waals surface area contributed by atoms with E-state index in [1.165, 1.54) is 44.7 Å². The van der Waals surface area contributed by atoms with Gasteiger partial charge in [-0.2, -0.15) is 18.4 Å². The zero-order valence-electron chi connectivity index (χ0n) is 19.3. The van der Waals surface area contributed by atoms with E-state index in [4.69, 9.17) is 27.0 Å². The first-order chi connectivity index (χ1) is 16.2. The Kier molecular flexibility index (Phi) is 7.26. The second-order valence-electron chi connectivity index (χ2n) is 8.61. The maximum absolute atomic E-state index is 14.9. The van der Waals surface area contributed by atoms with Crippen LogP contribution in [0.15, 0.2) is 41.6 Å². The molecule has 2 fully saturated rings. The fourth-order valence-corrected chi connectivity index (χ4v) is 4.45. The molecule has 0 radical (unpaired) electrons. The van der Waals surface area contributed by atoms with Crippen LogP contribution in [-0.2, 0) is 20.4 Å². The quantitative estimate of drug-likeness (QED) is 0.274. The van der Waals surface area contributed by atoms with E-state index in [2.05, 4.69) is 0 Å². The predicted molar refractivity (Wildman–Crippen MR) is 121 cm³/mol. The van der Waals surface area contributed by atoms with Gasteiger partial charge in [-0.3, -0.25) is 9.69 Å². The van der Waals surface area contributed by atoms with E-state index in [9.17, 15) is 27.5 Å². The standard InChI is InChI=1S/C23H23F4N3O4S/c1-12(7-17(24)13(2)34-19-11-33-10-18(19)31)30-21(35)29(20(32)22(30,3)4)15-6-5-14(9-28)16(8-15)23(25,26)27/h5-8,18-19,31H,10-11H2,1-4H3/b12-7+,17-13-/t18-,19-/m1/s1. The minimum Gasteiger partial charge on any atom is -0.487 e. The molecule has 1 N–H and O–H groups in total. The van der Waals surface area contributed by atoms with Crippen molar-refractivity contribution in [2.75, 3.05) is 18.1 Å². The number of allylic oxidation sites excluding steroid dienone is 4. The molecule has 0 aliphatic carbocycles. The molecule has 3 rings (SSSR count). The average Bonchev–Trinajstić information content (AvgIpc) is 3.24. The van der Waals surface area contributed by atoms with Crippen LogP contribution in [0.5, 0.6) is 0 Å². The molecular formula is C23H23F4N3O4S. The summed E-state index contributed by atoms with van der Waals surface area (Å²) in [6.07, 6.45) is -5.36. The number of ether oxygens (including phenoxy) is 2. The largest absolute Gasteiger partial charge is 0.487 e. The van der Waals surface area contributed by atoms with E-state index in [-0.39, 0.29) is 35.5 Å². The van der Waals surface area contributed by atoms with Crippen LogP contribution in [0.25, 0.3) is 0 Å². The summed E-state index contributed by atoms with van der Waals surface area (Å²) in [7, 11) is 0. The van der Waals surface area contributed by atoms with Crippen molar-refractivity contribution < 1.29 is 36.9 Å². The Morgan fingerprint density at radius 1 is 1.34 bits per heavy atom. The number of nitriles is 1. The molecule has 12 heteroatoms. The highest BCUT2D eigenvalue weighted by Crippen LogP contribution is 2.39. The first kappa shape index (κ1) is 26.6. The summed E-state index contributed by atoms with van der Waals surface area (Å²) < 4.78 is 65.7. The van der Waals surface area contributed by atoms with Crippen LogP contribution < -0.4 is 4.90 Å². The van der Waals surface area contributed by atoms with Crippen LogP contribution in [-0.4, -0.2) is 52.0 Å². The normalized spacial score (nSPS) is 23.5. The SMILES string of the molecule is C/C(O[C@@H]1COC[C@H]1O)=C(F)\C=C(/C)N1C(=S)N(c2ccc(C#N)c(C(F)(F)F)c2)C(=O)C1(C)C. The molecule has 0 aromatic heterocycles. The summed E-state index contributed by atoms with van der Waals surface area (Å²) in [5, 5.41) is 18.7. The number of thiocarbonyl (C=S) groups is 1. The number of aliphatic hydroxyl groups is 1. The maximum Gasteiger partial charge on any atom is 0.417 e. The summed E-state index contributed by atoms with van der Waals surface area (Å²) in [6.45, 7) is 6.05. The Balaban J connectivity index is 1.95. The van der Waals surface area contributed by atoms with Gasteiger partial charge in [0, 0.05) is 5.70 Å². The Morgan fingerprint density at radius 2 is 2.00 bits per heavy atom. The van der Waals surface area contributed by atoms with Crippen molar-refractivity contribution in [2.24, 2.45) is 0 Å². The van der Waals surface area contributed by atoms with Crippen LogP contribution in [0.4, 0.5) is 23.2 Å². The number of halogens is 4. The van der Waals surface area contributed by atoms with E-state index < -0.39 is 46.8 Å². The number of aliphatic hydroxyl groups excluding tert-OH is 1. The lowest BCUT2D eigenvalue weighted by atomic mass is 10.0. The topological polar surface area (TPSA) is 86.0 Å². The molecule has 188 valence electrons. The molecule has 0 bridgehead atoms. The summed E-state index contributed by atoms with van der Waals surface area (Å²) in [5.74, 6) is -1.53. The third-order valence-corrected chi connectivity index (χ3v) is 6.07. The second kappa shape index (κ2) is 9.56. The van der Waals surface area contributed by atoms with E-state index >= 15 is 0 Å². The van der Waals surface area contributed by atoms with Gasteiger partial charge in [-0.25, -0.2) is 4.39 Å². The molecule has 1 aromatic rings. The van der Waals surface area contributed by atoms with Crippen LogP contribution in [0.2, 0.25) is 0 Å². The van der Waals surface area contributed by atoms with Gasteiger partial charge in [0.1, 0.15) is 23.5 Å². The Bertz CT molecular complexity index is 1160. The van der Waals surface area contributed by atoms with Gasteiger partial charge in [-0.1, -0.05) is 0 Å². The van der Waals surface area contributed by atoms with Gasteiger partial charge in [0.2, 0.25) is 0 Å². The average molecular weight is 514 g/mol. The van der Waals surface area contributed by atoms with Gasteiger partial charge in [0.15, 0.2) is 10.9 Å². The number of anilines is 1. The molecule has 1 amide bonds. The van der Waals surface area contributed by atoms with E-state index in [1.807, 2.05) is 0 Å². The van der Waals surface area contributed by atoms with Gasteiger partial charge in [-0.05, 0) is 64.2 Å². The number of benzene rings is 1. The molecule has 35 heavy (non-hydrogen) atoms. The van der Waals surface area contributed by atoms with Crippen molar-refractivity contribution >= 4 is 28.9 Å². The minimum absolute atomic E-state index is 0.0774. The van der Waals surface area contributed by atoms with E-state index in [0.717, 1.165) is 17.0 Å². The summed E-state index contributed by atoms with van der Waals surface area (Å²) in [5.41, 5.74) is -3.11. The van der Waals surface area contributed by atoms with E-state index in [0.29, 0.717) is 6.07 Å². The zero-order chi connectivity index (χ0) is 26.3. The summed E-state index contributed by atoms with van der Waals surface area (Å²) in [4.78, 5) is 15.5. The van der Waals surface area contributed by atoms with Crippen molar-refractivity contribution in [3.8, 4) is 6.07 Å². The molecule has 2 aliphatic rings. The Labute approximate surface area is 204 Å².